The number of aromatic nitrogens is 2. The van der Waals surface area contributed by atoms with Crippen LogP contribution in [0.4, 0.5) is 5.82 Å². The summed E-state index contributed by atoms with van der Waals surface area (Å²) in [5, 5.41) is 4.28. The van der Waals surface area contributed by atoms with Crippen molar-refractivity contribution in [2.75, 3.05) is 11.9 Å². The van der Waals surface area contributed by atoms with E-state index < -0.39 is 0 Å². The molecule has 2 aromatic heterocycles. The summed E-state index contributed by atoms with van der Waals surface area (Å²) in [5.74, 6) is 0.938. The van der Waals surface area contributed by atoms with Crippen LogP contribution in [0.5, 0.6) is 0 Å². The van der Waals surface area contributed by atoms with Crippen LogP contribution in [0.25, 0.3) is 21.3 Å². The van der Waals surface area contributed by atoms with E-state index >= 15 is 0 Å². The average molecular weight is 392 g/mol. The van der Waals surface area contributed by atoms with Crippen LogP contribution in [0.3, 0.4) is 0 Å². The van der Waals surface area contributed by atoms with Gasteiger partial charge in [-0.1, -0.05) is 43.0 Å². The fourth-order valence-electron chi connectivity index (χ4n) is 3.64. The molecule has 2 heterocycles. The first kappa shape index (κ1) is 17.1. The van der Waals surface area contributed by atoms with Gasteiger partial charge in [0.25, 0.3) is 0 Å². The number of benzene rings is 1. The summed E-state index contributed by atoms with van der Waals surface area (Å²) in [5.41, 5.74) is 2.27. The average Bonchev–Trinajstić information content (AvgIpc) is 3.05. The van der Waals surface area contributed by atoms with Crippen molar-refractivity contribution in [2.45, 2.75) is 38.1 Å². The van der Waals surface area contributed by atoms with Crippen LogP contribution in [-0.2, 0) is 0 Å². The van der Waals surface area contributed by atoms with Gasteiger partial charge in [0.1, 0.15) is 10.6 Å². The Labute approximate surface area is 161 Å². The largest absolute Gasteiger partial charge is 0.356 e. The van der Waals surface area contributed by atoms with Crippen molar-refractivity contribution < 1.29 is 0 Å². The van der Waals surface area contributed by atoms with Gasteiger partial charge in [-0.3, -0.25) is 0 Å². The predicted octanol–water partition coefficient (Wildman–Crippen LogP) is 6.43. The molecule has 130 valence electrons. The zero-order valence-corrected chi connectivity index (χ0v) is 16.3. The van der Waals surface area contributed by atoms with Gasteiger partial charge in [-0.25, -0.2) is 4.98 Å². The van der Waals surface area contributed by atoms with Gasteiger partial charge in [-0.15, -0.1) is 11.3 Å². The van der Waals surface area contributed by atoms with Crippen molar-refractivity contribution in [1.29, 1.82) is 0 Å². The second kappa shape index (κ2) is 7.10. The van der Waals surface area contributed by atoms with Crippen LogP contribution < -0.4 is 4.90 Å². The molecule has 0 amide bonds. The minimum atomic E-state index is 0.315. The number of hydrogen-bond donors (Lipinski definition) is 0. The Hall–Kier alpha value is -1.36. The van der Waals surface area contributed by atoms with Crippen molar-refractivity contribution in [3.05, 3.63) is 40.0 Å². The zero-order chi connectivity index (χ0) is 17.4. The Morgan fingerprint density at radius 3 is 2.48 bits per heavy atom. The third-order valence-corrected chi connectivity index (χ3v) is 6.29. The number of thiophene rings is 1. The molecule has 1 aliphatic carbocycles. The lowest BCUT2D eigenvalue weighted by molar-refractivity contribution is 0.426. The Kier molecular flexibility index (Phi) is 4.85. The van der Waals surface area contributed by atoms with Crippen LogP contribution in [0.15, 0.2) is 29.6 Å². The zero-order valence-electron chi connectivity index (χ0n) is 14.0. The molecule has 1 fully saturated rings. The molecule has 0 unspecified atom stereocenters. The number of rotatable bonds is 3. The molecule has 3 nitrogen and oxygen atoms in total. The van der Waals surface area contributed by atoms with E-state index in [-0.39, 0.29) is 0 Å². The molecule has 0 radical (unpaired) electrons. The van der Waals surface area contributed by atoms with Crippen molar-refractivity contribution in [2.24, 2.45) is 0 Å². The van der Waals surface area contributed by atoms with E-state index in [4.69, 9.17) is 23.2 Å². The summed E-state index contributed by atoms with van der Waals surface area (Å²) in [6, 6.07) is 8.44. The number of anilines is 1. The van der Waals surface area contributed by atoms with Gasteiger partial charge in [-0.05, 0) is 42.1 Å². The minimum absolute atomic E-state index is 0.315. The Bertz CT molecular complexity index is 886. The molecule has 1 saturated carbocycles. The highest BCUT2D eigenvalue weighted by atomic mass is 35.5. The minimum Gasteiger partial charge on any atom is -0.356 e. The summed E-state index contributed by atoms with van der Waals surface area (Å²) in [6.45, 7) is 0. The smallest absolute Gasteiger partial charge is 0.225 e. The predicted molar refractivity (Wildman–Crippen MR) is 108 cm³/mol. The Morgan fingerprint density at radius 1 is 1.04 bits per heavy atom. The Morgan fingerprint density at radius 2 is 1.76 bits per heavy atom. The summed E-state index contributed by atoms with van der Waals surface area (Å²) in [4.78, 5) is 12.3. The second-order valence-corrected chi connectivity index (χ2v) is 8.19. The first-order valence-electron chi connectivity index (χ1n) is 8.57. The lowest BCUT2D eigenvalue weighted by Crippen LogP contribution is -2.34. The Balaban J connectivity index is 1.84. The highest BCUT2D eigenvalue weighted by Gasteiger charge is 2.24. The molecule has 3 aromatic rings. The maximum absolute atomic E-state index is 6.22. The topological polar surface area (TPSA) is 29.0 Å². The molecule has 1 aliphatic rings. The molecule has 1 aromatic carbocycles. The third kappa shape index (κ3) is 3.35. The molecule has 0 bridgehead atoms. The van der Waals surface area contributed by atoms with Crippen LogP contribution in [0.1, 0.15) is 32.1 Å². The quantitative estimate of drug-likeness (QED) is 0.481. The van der Waals surface area contributed by atoms with Crippen LogP contribution in [0.2, 0.25) is 10.3 Å². The van der Waals surface area contributed by atoms with Gasteiger partial charge < -0.3 is 4.90 Å². The SMILES string of the molecule is CN(c1nc(Cl)nc2scc(-c3ccc(Cl)cc3)c12)C1CCCCC1. The molecule has 6 heteroatoms. The summed E-state index contributed by atoms with van der Waals surface area (Å²) < 4.78 is 0. The molecule has 0 N–H and O–H groups in total. The summed E-state index contributed by atoms with van der Waals surface area (Å²) >= 11 is 13.9. The van der Waals surface area contributed by atoms with Gasteiger partial charge in [0.05, 0.1) is 5.39 Å². The van der Waals surface area contributed by atoms with Gasteiger partial charge in [0.15, 0.2) is 0 Å². The van der Waals surface area contributed by atoms with Crippen LogP contribution >= 0.6 is 34.5 Å². The highest BCUT2D eigenvalue weighted by Crippen LogP contribution is 2.40. The normalized spacial score (nSPS) is 15.6. The summed E-state index contributed by atoms with van der Waals surface area (Å²) in [6.07, 6.45) is 6.31. The second-order valence-electron chi connectivity index (χ2n) is 6.56. The van der Waals surface area contributed by atoms with Gasteiger partial charge in [0.2, 0.25) is 5.28 Å². The molecular weight excluding hydrogens is 373 g/mol. The fourth-order valence-corrected chi connectivity index (χ4v) is 4.92. The van der Waals surface area contributed by atoms with Crippen molar-refractivity contribution in [1.82, 2.24) is 9.97 Å². The van der Waals surface area contributed by atoms with E-state index in [1.807, 2.05) is 24.3 Å². The maximum atomic E-state index is 6.22. The van der Waals surface area contributed by atoms with E-state index in [1.54, 1.807) is 11.3 Å². The fraction of sp³-hybridized carbons (Fsp3) is 0.368. The van der Waals surface area contributed by atoms with Crippen LogP contribution in [0, 0.1) is 0 Å². The maximum Gasteiger partial charge on any atom is 0.225 e. The van der Waals surface area contributed by atoms with Gasteiger partial charge in [-0.2, -0.15) is 4.98 Å². The van der Waals surface area contributed by atoms with Gasteiger partial charge >= 0.3 is 0 Å². The standard InChI is InChI=1S/C19H19Cl2N3S/c1-24(14-5-3-2-4-6-14)17-16-15(12-7-9-13(20)10-8-12)11-25-18(16)23-19(21)22-17/h7-11,14H,2-6H2,1H3. The number of fused-ring (bicyclic) bond motifs is 1. The molecule has 0 spiro atoms. The van der Waals surface area contributed by atoms with E-state index in [0.29, 0.717) is 11.3 Å². The number of hydrogen-bond acceptors (Lipinski definition) is 4. The van der Waals surface area contributed by atoms with E-state index in [9.17, 15) is 0 Å². The molecule has 0 saturated heterocycles. The number of halogens is 2. The van der Waals surface area contributed by atoms with Crippen molar-refractivity contribution in [3.63, 3.8) is 0 Å². The molecule has 0 aliphatic heterocycles. The van der Waals surface area contributed by atoms with Crippen LogP contribution in [-0.4, -0.2) is 23.1 Å². The van der Waals surface area contributed by atoms with E-state index in [2.05, 4.69) is 27.3 Å². The molecule has 4 rings (SSSR count). The lowest BCUT2D eigenvalue weighted by atomic mass is 9.94. The molecule has 25 heavy (non-hydrogen) atoms. The monoisotopic (exact) mass is 391 g/mol. The highest BCUT2D eigenvalue weighted by molar-refractivity contribution is 7.17. The molecule has 0 atom stereocenters. The first-order valence-corrected chi connectivity index (χ1v) is 10.2. The van der Waals surface area contributed by atoms with Gasteiger partial charge in [0, 0.05) is 29.1 Å². The van der Waals surface area contributed by atoms with Crippen molar-refractivity contribution >= 4 is 50.6 Å². The lowest BCUT2D eigenvalue weighted by Gasteiger charge is -2.32. The van der Waals surface area contributed by atoms with E-state index in [0.717, 1.165) is 32.2 Å². The first-order chi connectivity index (χ1) is 12.1. The van der Waals surface area contributed by atoms with E-state index in [1.165, 1.54) is 32.1 Å². The third-order valence-electron chi connectivity index (χ3n) is 5.00. The number of nitrogens with zero attached hydrogens (tertiary/aromatic N) is 3. The molecular formula is C19H19Cl2N3S. The van der Waals surface area contributed by atoms with Crippen molar-refractivity contribution in [3.8, 4) is 11.1 Å². The summed E-state index contributed by atoms with van der Waals surface area (Å²) in [7, 11) is 2.14.